The number of benzene rings is 1. The van der Waals surface area contributed by atoms with E-state index in [-0.39, 0.29) is 0 Å². The minimum Gasteiger partial charge on any atom is -0.371 e. The maximum Gasteiger partial charge on any atom is 0.213 e. The van der Waals surface area contributed by atoms with Gasteiger partial charge in [-0.25, -0.2) is 4.98 Å². The molecular formula is C15H18FN3. The number of pyridine rings is 1. The van der Waals surface area contributed by atoms with Gasteiger partial charge >= 0.3 is 0 Å². The van der Waals surface area contributed by atoms with Crippen molar-refractivity contribution < 1.29 is 4.39 Å². The van der Waals surface area contributed by atoms with E-state index in [1.54, 1.807) is 6.07 Å². The predicted molar refractivity (Wildman–Crippen MR) is 75.8 cm³/mol. The second-order valence-corrected chi connectivity index (χ2v) is 5.25. The Labute approximate surface area is 112 Å². The largest absolute Gasteiger partial charge is 0.371 e. The molecule has 1 aliphatic heterocycles. The van der Waals surface area contributed by atoms with E-state index in [2.05, 4.69) is 16.0 Å². The molecular weight excluding hydrogens is 241 g/mol. The fraction of sp³-hybridized carbons (Fsp3) is 0.400. The molecule has 3 rings (SSSR count). The number of hydrogen-bond acceptors (Lipinski definition) is 3. The van der Waals surface area contributed by atoms with Crippen LogP contribution in [0.15, 0.2) is 24.3 Å². The summed E-state index contributed by atoms with van der Waals surface area (Å²) in [6, 6.07) is 7.30. The highest BCUT2D eigenvalue weighted by Gasteiger charge is 2.23. The van der Waals surface area contributed by atoms with E-state index in [0.717, 1.165) is 48.2 Å². The number of anilines is 1. The molecule has 0 bridgehead atoms. The summed E-state index contributed by atoms with van der Waals surface area (Å²) < 4.78 is 13.3. The summed E-state index contributed by atoms with van der Waals surface area (Å²) in [7, 11) is 0. The van der Waals surface area contributed by atoms with Crippen LogP contribution >= 0.6 is 0 Å². The van der Waals surface area contributed by atoms with Gasteiger partial charge in [0.1, 0.15) is 0 Å². The Morgan fingerprint density at radius 3 is 2.89 bits per heavy atom. The molecule has 100 valence electrons. The van der Waals surface area contributed by atoms with Crippen molar-refractivity contribution in [3.05, 3.63) is 35.8 Å². The van der Waals surface area contributed by atoms with Crippen LogP contribution in [0.4, 0.5) is 10.1 Å². The monoisotopic (exact) mass is 259 g/mol. The van der Waals surface area contributed by atoms with Crippen molar-refractivity contribution in [1.82, 2.24) is 4.98 Å². The molecule has 3 nitrogen and oxygen atoms in total. The number of rotatable bonds is 2. The summed E-state index contributed by atoms with van der Waals surface area (Å²) in [4.78, 5) is 6.36. The SMILES string of the molecule is Cc1c(N2CCC(CN)C2)ccc2ccc(F)nc12. The molecule has 19 heavy (non-hydrogen) atoms. The Morgan fingerprint density at radius 1 is 1.37 bits per heavy atom. The number of halogens is 1. The molecule has 0 saturated carbocycles. The lowest BCUT2D eigenvalue weighted by atomic mass is 10.1. The first-order valence-corrected chi connectivity index (χ1v) is 6.70. The summed E-state index contributed by atoms with van der Waals surface area (Å²) in [5.41, 5.74) is 8.70. The van der Waals surface area contributed by atoms with Gasteiger partial charge < -0.3 is 10.6 Å². The van der Waals surface area contributed by atoms with Crippen LogP contribution in [-0.2, 0) is 0 Å². The topological polar surface area (TPSA) is 42.1 Å². The lowest BCUT2D eigenvalue weighted by Gasteiger charge is -2.21. The Balaban J connectivity index is 2.03. The zero-order valence-corrected chi connectivity index (χ0v) is 11.1. The molecule has 0 aliphatic carbocycles. The molecule has 1 aliphatic rings. The molecule has 1 saturated heterocycles. The molecule has 1 aromatic carbocycles. The highest BCUT2D eigenvalue weighted by Crippen LogP contribution is 2.30. The zero-order chi connectivity index (χ0) is 13.4. The van der Waals surface area contributed by atoms with E-state index in [9.17, 15) is 4.39 Å². The predicted octanol–water partition coefficient (Wildman–Crippen LogP) is 2.47. The summed E-state index contributed by atoms with van der Waals surface area (Å²) in [5, 5.41) is 0.984. The first kappa shape index (κ1) is 12.4. The molecule has 4 heteroatoms. The Kier molecular flexibility index (Phi) is 3.11. The third-order valence-corrected chi connectivity index (χ3v) is 4.01. The van der Waals surface area contributed by atoms with E-state index in [1.807, 2.05) is 13.0 Å². The average Bonchev–Trinajstić information content (AvgIpc) is 2.88. The third-order valence-electron chi connectivity index (χ3n) is 4.01. The molecule has 1 fully saturated rings. The van der Waals surface area contributed by atoms with Crippen LogP contribution < -0.4 is 10.6 Å². The summed E-state index contributed by atoms with van der Waals surface area (Å²) in [6.07, 6.45) is 1.13. The molecule has 1 unspecified atom stereocenters. The van der Waals surface area contributed by atoms with Crippen molar-refractivity contribution in [1.29, 1.82) is 0 Å². The van der Waals surface area contributed by atoms with E-state index < -0.39 is 5.95 Å². The van der Waals surface area contributed by atoms with Crippen LogP contribution in [0.25, 0.3) is 10.9 Å². The summed E-state index contributed by atoms with van der Waals surface area (Å²) in [5.74, 6) is 0.143. The highest BCUT2D eigenvalue weighted by atomic mass is 19.1. The smallest absolute Gasteiger partial charge is 0.213 e. The van der Waals surface area contributed by atoms with E-state index in [4.69, 9.17) is 5.73 Å². The lowest BCUT2D eigenvalue weighted by Crippen LogP contribution is -2.23. The van der Waals surface area contributed by atoms with Crippen molar-refractivity contribution in [3.63, 3.8) is 0 Å². The number of hydrogen-bond donors (Lipinski definition) is 1. The lowest BCUT2D eigenvalue weighted by molar-refractivity contribution is 0.589. The number of aromatic nitrogens is 1. The van der Waals surface area contributed by atoms with Crippen molar-refractivity contribution in [2.45, 2.75) is 13.3 Å². The van der Waals surface area contributed by atoms with Gasteiger partial charge in [0.2, 0.25) is 5.95 Å². The third kappa shape index (κ3) is 2.16. The van der Waals surface area contributed by atoms with Gasteiger partial charge in [-0.1, -0.05) is 6.07 Å². The van der Waals surface area contributed by atoms with Gasteiger partial charge in [0.15, 0.2) is 0 Å². The van der Waals surface area contributed by atoms with Gasteiger partial charge in [-0.05, 0) is 49.6 Å². The highest BCUT2D eigenvalue weighted by molar-refractivity contribution is 5.86. The van der Waals surface area contributed by atoms with Crippen LogP contribution in [0, 0.1) is 18.8 Å². The maximum atomic E-state index is 13.3. The first-order chi connectivity index (χ1) is 9.19. The quantitative estimate of drug-likeness (QED) is 0.842. The molecule has 0 amide bonds. The van der Waals surface area contributed by atoms with Crippen LogP contribution in [0.3, 0.4) is 0 Å². The van der Waals surface area contributed by atoms with Gasteiger partial charge in [0.25, 0.3) is 0 Å². The van der Waals surface area contributed by atoms with Crippen molar-refractivity contribution in [2.75, 3.05) is 24.5 Å². The van der Waals surface area contributed by atoms with E-state index in [0.29, 0.717) is 5.92 Å². The average molecular weight is 259 g/mol. The fourth-order valence-corrected chi connectivity index (χ4v) is 2.88. The van der Waals surface area contributed by atoms with E-state index >= 15 is 0 Å². The number of fused-ring (bicyclic) bond motifs is 1. The molecule has 0 spiro atoms. The number of nitrogens with two attached hydrogens (primary N) is 1. The second-order valence-electron chi connectivity index (χ2n) is 5.25. The van der Waals surface area contributed by atoms with Gasteiger partial charge in [-0.3, -0.25) is 0 Å². The Bertz CT molecular complexity index is 612. The van der Waals surface area contributed by atoms with Crippen LogP contribution in [0.5, 0.6) is 0 Å². The first-order valence-electron chi connectivity index (χ1n) is 6.70. The summed E-state index contributed by atoms with van der Waals surface area (Å²) >= 11 is 0. The molecule has 2 N–H and O–H groups in total. The maximum absolute atomic E-state index is 13.3. The standard InChI is InChI=1S/C15H18FN3/c1-10-13(19-7-6-11(8-17)9-19)4-2-12-3-5-14(16)18-15(10)12/h2-5,11H,6-9,17H2,1H3. The molecule has 0 radical (unpaired) electrons. The number of aryl methyl sites for hydroxylation is 1. The Morgan fingerprint density at radius 2 is 2.16 bits per heavy atom. The van der Waals surface area contributed by atoms with Crippen LogP contribution in [0.2, 0.25) is 0 Å². The van der Waals surface area contributed by atoms with Crippen LogP contribution in [0.1, 0.15) is 12.0 Å². The molecule has 1 atom stereocenters. The van der Waals surface area contributed by atoms with Crippen molar-refractivity contribution in [2.24, 2.45) is 11.7 Å². The molecule has 1 aromatic heterocycles. The van der Waals surface area contributed by atoms with Gasteiger partial charge in [-0.15, -0.1) is 0 Å². The zero-order valence-electron chi connectivity index (χ0n) is 11.1. The Hall–Kier alpha value is -1.68. The molecule has 2 aromatic rings. The molecule has 2 heterocycles. The minimum atomic E-state index is -0.422. The normalized spacial score (nSPS) is 19.3. The van der Waals surface area contributed by atoms with Gasteiger partial charge in [0, 0.05) is 24.2 Å². The second kappa shape index (κ2) is 4.78. The van der Waals surface area contributed by atoms with Crippen molar-refractivity contribution >= 4 is 16.6 Å². The fourth-order valence-electron chi connectivity index (χ4n) is 2.88. The summed E-state index contributed by atoms with van der Waals surface area (Å²) in [6.45, 7) is 4.75. The van der Waals surface area contributed by atoms with Gasteiger partial charge in [-0.2, -0.15) is 4.39 Å². The van der Waals surface area contributed by atoms with E-state index in [1.165, 1.54) is 6.07 Å². The van der Waals surface area contributed by atoms with Gasteiger partial charge in [0.05, 0.1) is 5.52 Å². The minimum absolute atomic E-state index is 0.422. The van der Waals surface area contributed by atoms with Crippen LogP contribution in [-0.4, -0.2) is 24.6 Å². The van der Waals surface area contributed by atoms with Crippen molar-refractivity contribution in [3.8, 4) is 0 Å². The number of nitrogens with zero attached hydrogens (tertiary/aromatic N) is 2.